The van der Waals surface area contributed by atoms with Crippen LogP contribution in [0.2, 0.25) is 0 Å². The van der Waals surface area contributed by atoms with Crippen molar-refractivity contribution in [2.75, 3.05) is 6.61 Å². The van der Waals surface area contributed by atoms with Crippen LogP contribution in [0, 0.1) is 6.92 Å². The van der Waals surface area contributed by atoms with Gasteiger partial charge in [0.05, 0.1) is 17.5 Å². The molecule has 0 aliphatic carbocycles. The van der Waals surface area contributed by atoms with E-state index in [4.69, 9.17) is 9.47 Å². The molecule has 9 nitrogen and oxygen atoms in total. The molecule has 0 bridgehead atoms. The van der Waals surface area contributed by atoms with Crippen molar-refractivity contribution in [1.29, 1.82) is 0 Å². The number of hydrogen-bond donors (Lipinski definition) is 5. The lowest BCUT2D eigenvalue weighted by atomic mass is 9.99. The van der Waals surface area contributed by atoms with Gasteiger partial charge in [-0.25, -0.2) is 0 Å². The van der Waals surface area contributed by atoms with Crippen LogP contribution in [0.15, 0.2) is 36.4 Å². The average molecular weight is 473 g/mol. The van der Waals surface area contributed by atoms with Crippen molar-refractivity contribution < 1.29 is 35.0 Å². The number of phenols is 1. The number of benzene rings is 2. The summed E-state index contributed by atoms with van der Waals surface area (Å²) in [4.78, 5) is 0. The standard InChI is InChI=1S/C25H32N2O7/c1-13(2)27-17-6-4-5-16(9-7-15-8-10-18(29)14(3)11-15)20(17)24(26-27)34-25-23(32)22(31)21(30)19(12-28)33-25/h4-6,8,10-11,13,19,21-23,25,28-32H,7,9,12H2,1-3H3/t19-,21-,22+,23-,25+/m1/s1. The van der Waals surface area contributed by atoms with E-state index in [0.717, 1.165) is 34.0 Å². The Morgan fingerprint density at radius 1 is 1.06 bits per heavy atom. The molecular formula is C25H32N2O7. The van der Waals surface area contributed by atoms with E-state index in [0.29, 0.717) is 6.42 Å². The summed E-state index contributed by atoms with van der Waals surface area (Å²) < 4.78 is 13.3. The first kappa shape index (κ1) is 24.4. The van der Waals surface area contributed by atoms with Crippen LogP contribution in [0.4, 0.5) is 0 Å². The van der Waals surface area contributed by atoms with Crippen LogP contribution in [-0.2, 0) is 17.6 Å². The second-order valence-electron chi connectivity index (χ2n) is 9.09. The molecule has 0 spiro atoms. The number of aliphatic hydroxyl groups excluding tert-OH is 4. The second kappa shape index (κ2) is 9.89. The van der Waals surface area contributed by atoms with E-state index in [1.54, 1.807) is 6.07 Å². The van der Waals surface area contributed by atoms with E-state index in [2.05, 4.69) is 5.10 Å². The zero-order valence-electron chi connectivity index (χ0n) is 19.5. The summed E-state index contributed by atoms with van der Waals surface area (Å²) in [6.07, 6.45) is -5.51. The first-order chi connectivity index (χ1) is 16.2. The van der Waals surface area contributed by atoms with Gasteiger partial charge in [0.2, 0.25) is 12.2 Å². The molecule has 0 radical (unpaired) electrons. The summed E-state index contributed by atoms with van der Waals surface area (Å²) in [5, 5.41) is 55.3. The van der Waals surface area contributed by atoms with Crippen molar-refractivity contribution in [3.63, 3.8) is 0 Å². The molecule has 0 unspecified atom stereocenters. The molecule has 1 aliphatic rings. The van der Waals surface area contributed by atoms with Gasteiger partial charge in [0.1, 0.15) is 30.2 Å². The Bertz CT molecular complexity index is 1140. The number of aryl methyl sites for hydroxylation is 3. The molecular weight excluding hydrogens is 440 g/mol. The fourth-order valence-electron chi connectivity index (χ4n) is 4.34. The summed E-state index contributed by atoms with van der Waals surface area (Å²) in [6.45, 7) is 5.31. The van der Waals surface area contributed by atoms with Gasteiger partial charge in [-0.15, -0.1) is 5.10 Å². The summed E-state index contributed by atoms with van der Waals surface area (Å²) in [6, 6.07) is 11.5. The van der Waals surface area contributed by atoms with E-state index in [1.165, 1.54) is 0 Å². The topological polar surface area (TPSA) is 137 Å². The number of aromatic nitrogens is 2. The molecule has 3 aromatic rings. The van der Waals surface area contributed by atoms with Crippen molar-refractivity contribution in [2.45, 2.75) is 70.4 Å². The Balaban J connectivity index is 1.68. The van der Waals surface area contributed by atoms with E-state index in [9.17, 15) is 25.5 Å². The zero-order valence-corrected chi connectivity index (χ0v) is 19.5. The first-order valence-corrected chi connectivity index (χ1v) is 11.5. The molecule has 1 aromatic heterocycles. The number of phenolic OH excluding ortho intramolecular Hbond substituents is 1. The highest BCUT2D eigenvalue weighted by molar-refractivity contribution is 5.88. The fourth-order valence-corrected chi connectivity index (χ4v) is 4.34. The SMILES string of the molecule is Cc1cc(CCc2cccc3c2c(O[C@@H]2O[C@H](CO)[C@@H](O)[C@H](O)[C@H]2O)nn3C(C)C)ccc1O. The smallest absolute Gasteiger partial charge is 0.243 e. The van der Waals surface area contributed by atoms with Crippen LogP contribution in [0.3, 0.4) is 0 Å². The van der Waals surface area contributed by atoms with E-state index in [-0.39, 0.29) is 17.7 Å². The van der Waals surface area contributed by atoms with Crippen LogP contribution < -0.4 is 4.74 Å². The second-order valence-corrected chi connectivity index (χ2v) is 9.09. The summed E-state index contributed by atoms with van der Waals surface area (Å²) in [7, 11) is 0. The van der Waals surface area contributed by atoms with Crippen LogP contribution >= 0.6 is 0 Å². The van der Waals surface area contributed by atoms with Crippen LogP contribution in [0.25, 0.3) is 10.9 Å². The number of nitrogens with zero attached hydrogens (tertiary/aromatic N) is 2. The monoisotopic (exact) mass is 472 g/mol. The Morgan fingerprint density at radius 2 is 1.82 bits per heavy atom. The molecule has 2 heterocycles. The number of aromatic hydroxyl groups is 1. The van der Waals surface area contributed by atoms with E-state index in [1.807, 2.05) is 55.8 Å². The Labute approximate surface area is 197 Å². The Morgan fingerprint density at radius 3 is 2.50 bits per heavy atom. The number of hydrogen-bond acceptors (Lipinski definition) is 8. The molecule has 5 atom stereocenters. The predicted octanol–water partition coefficient (Wildman–Crippen LogP) is 1.60. The third-order valence-corrected chi connectivity index (χ3v) is 6.30. The van der Waals surface area contributed by atoms with Gasteiger partial charge in [0.15, 0.2) is 0 Å². The highest BCUT2D eigenvalue weighted by Gasteiger charge is 2.45. The number of rotatable bonds is 7. The van der Waals surface area contributed by atoms with Gasteiger partial charge >= 0.3 is 0 Å². The lowest BCUT2D eigenvalue weighted by Crippen LogP contribution is -2.60. The number of ether oxygens (including phenoxy) is 2. The minimum Gasteiger partial charge on any atom is -0.508 e. The van der Waals surface area contributed by atoms with Gasteiger partial charge in [0, 0.05) is 6.04 Å². The summed E-state index contributed by atoms with van der Waals surface area (Å²) in [5.74, 6) is 0.504. The molecule has 1 aliphatic heterocycles. The molecule has 34 heavy (non-hydrogen) atoms. The molecule has 184 valence electrons. The molecule has 0 amide bonds. The number of aliphatic hydroxyl groups is 4. The van der Waals surface area contributed by atoms with Gasteiger partial charge in [-0.05, 0) is 62.4 Å². The van der Waals surface area contributed by atoms with Gasteiger partial charge in [-0.2, -0.15) is 0 Å². The van der Waals surface area contributed by atoms with Gasteiger partial charge < -0.3 is 35.0 Å². The van der Waals surface area contributed by atoms with Crippen LogP contribution in [-0.4, -0.2) is 72.6 Å². The van der Waals surface area contributed by atoms with Crippen LogP contribution in [0.1, 0.15) is 36.6 Å². The fraction of sp³-hybridized carbons (Fsp3) is 0.480. The summed E-state index contributed by atoms with van der Waals surface area (Å²) >= 11 is 0. The van der Waals surface area contributed by atoms with Crippen molar-refractivity contribution in [1.82, 2.24) is 9.78 Å². The maximum absolute atomic E-state index is 10.4. The van der Waals surface area contributed by atoms with Crippen molar-refractivity contribution in [3.8, 4) is 11.6 Å². The molecule has 5 N–H and O–H groups in total. The summed E-state index contributed by atoms with van der Waals surface area (Å²) in [5.41, 5.74) is 3.73. The van der Waals surface area contributed by atoms with Crippen molar-refractivity contribution in [2.24, 2.45) is 0 Å². The van der Waals surface area contributed by atoms with Crippen LogP contribution in [0.5, 0.6) is 11.6 Å². The maximum atomic E-state index is 10.4. The normalized spacial score (nSPS) is 25.2. The molecule has 0 saturated carbocycles. The predicted molar refractivity (Wildman–Crippen MR) is 125 cm³/mol. The highest BCUT2D eigenvalue weighted by Crippen LogP contribution is 2.34. The van der Waals surface area contributed by atoms with E-state index < -0.39 is 37.3 Å². The maximum Gasteiger partial charge on any atom is 0.243 e. The molecule has 2 aromatic carbocycles. The third-order valence-electron chi connectivity index (χ3n) is 6.30. The quantitative estimate of drug-likeness (QED) is 0.350. The average Bonchev–Trinajstić information content (AvgIpc) is 3.19. The first-order valence-electron chi connectivity index (χ1n) is 11.5. The largest absolute Gasteiger partial charge is 0.508 e. The minimum atomic E-state index is -1.54. The minimum absolute atomic E-state index is 0.0321. The zero-order chi connectivity index (χ0) is 24.6. The van der Waals surface area contributed by atoms with Gasteiger partial charge in [-0.1, -0.05) is 24.3 Å². The highest BCUT2D eigenvalue weighted by atomic mass is 16.7. The van der Waals surface area contributed by atoms with Crippen molar-refractivity contribution >= 4 is 10.9 Å². The Kier molecular flexibility index (Phi) is 7.11. The lowest BCUT2D eigenvalue weighted by Gasteiger charge is -2.39. The number of fused-ring (bicyclic) bond motifs is 1. The molecule has 4 rings (SSSR count). The molecule has 9 heteroatoms. The van der Waals surface area contributed by atoms with Gasteiger partial charge in [-0.3, -0.25) is 4.68 Å². The molecule has 1 fully saturated rings. The van der Waals surface area contributed by atoms with Crippen molar-refractivity contribution in [3.05, 3.63) is 53.1 Å². The molecule has 1 saturated heterocycles. The lowest BCUT2D eigenvalue weighted by molar-refractivity contribution is -0.278. The van der Waals surface area contributed by atoms with E-state index >= 15 is 0 Å². The van der Waals surface area contributed by atoms with Gasteiger partial charge in [0.25, 0.3) is 0 Å². The Hall–Kier alpha value is -2.69. The third kappa shape index (κ3) is 4.62.